The minimum absolute atomic E-state index is 0.0287. The van der Waals surface area contributed by atoms with Crippen LogP contribution in [0.3, 0.4) is 0 Å². The molecule has 0 bridgehead atoms. The van der Waals surface area contributed by atoms with Gasteiger partial charge >= 0.3 is 5.97 Å². The summed E-state index contributed by atoms with van der Waals surface area (Å²) in [5, 5.41) is 13.6. The van der Waals surface area contributed by atoms with Gasteiger partial charge in [0.15, 0.2) is 0 Å². The highest BCUT2D eigenvalue weighted by Crippen LogP contribution is 2.30. The molecule has 1 fully saturated rings. The molecular weight excluding hydrogens is 432 g/mol. The molecule has 0 aromatic rings. The number of hydrogen-bond acceptors (Lipinski definition) is 7. The molecule has 33 heavy (non-hydrogen) atoms. The Morgan fingerprint density at radius 3 is 2.06 bits per heavy atom. The molecule has 180 valence electrons. The van der Waals surface area contributed by atoms with E-state index >= 15 is 0 Å². The average molecular weight is 463 g/mol. The maximum atomic E-state index is 12.2. The normalized spacial score (nSPS) is 22.6. The molecule has 5 amide bonds. The first-order valence-corrected chi connectivity index (χ1v) is 11.0. The SMILES string of the molecule is NC(CCCCNC(=O)C1CCC(CN2C(=O)C=CC2=O)CC1)C(=O)O.O=C1C=CC(=O)N1. The van der Waals surface area contributed by atoms with Crippen molar-refractivity contribution >= 4 is 35.5 Å². The van der Waals surface area contributed by atoms with Crippen LogP contribution in [0.2, 0.25) is 0 Å². The molecular formula is C22H30N4O7. The van der Waals surface area contributed by atoms with E-state index in [0.29, 0.717) is 32.4 Å². The lowest BCUT2D eigenvalue weighted by atomic mass is 9.81. The quantitative estimate of drug-likeness (QED) is 0.265. The number of aliphatic carboxylic acids is 1. The minimum Gasteiger partial charge on any atom is -0.480 e. The first-order valence-electron chi connectivity index (χ1n) is 11.0. The van der Waals surface area contributed by atoms with E-state index in [-0.39, 0.29) is 41.4 Å². The second-order valence-electron chi connectivity index (χ2n) is 8.26. The highest BCUT2D eigenvalue weighted by atomic mass is 16.4. The Morgan fingerprint density at radius 2 is 1.58 bits per heavy atom. The Balaban J connectivity index is 0.000000468. The van der Waals surface area contributed by atoms with Gasteiger partial charge in [-0.15, -0.1) is 0 Å². The van der Waals surface area contributed by atoms with Crippen molar-refractivity contribution in [3.05, 3.63) is 24.3 Å². The average Bonchev–Trinajstić information content (AvgIpc) is 3.32. The molecule has 11 nitrogen and oxygen atoms in total. The first-order chi connectivity index (χ1) is 15.7. The van der Waals surface area contributed by atoms with E-state index in [0.717, 1.165) is 25.7 Å². The standard InChI is InChI=1S/C18H27N3O5.C4H3NO2/c19-14(18(25)26)3-1-2-10-20-17(24)13-6-4-12(5-7-13)11-21-15(22)8-9-16(21)23;6-3-1-2-4(7)5-3/h8-9,12-14H,1-7,10-11,19H2,(H,20,24)(H,25,26);1-2H,(H,5,6,7). The third-order valence-electron chi connectivity index (χ3n) is 5.75. The number of hydrogen-bond donors (Lipinski definition) is 4. The lowest BCUT2D eigenvalue weighted by Gasteiger charge is -2.30. The van der Waals surface area contributed by atoms with Crippen molar-refractivity contribution < 1.29 is 33.9 Å². The molecule has 2 aliphatic heterocycles. The molecule has 0 radical (unpaired) electrons. The Hall–Kier alpha value is -3.34. The zero-order valence-electron chi connectivity index (χ0n) is 18.3. The van der Waals surface area contributed by atoms with Crippen LogP contribution in [0, 0.1) is 11.8 Å². The third kappa shape index (κ3) is 8.60. The highest BCUT2D eigenvalue weighted by Gasteiger charge is 2.31. The summed E-state index contributed by atoms with van der Waals surface area (Å²) in [5.74, 6) is -1.91. The van der Waals surface area contributed by atoms with Crippen LogP contribution in [-0.2, 0) is 28.8 Å². The van der Waals surface area contributed by atoms with Crippen molar-refractivity contribution in [1.29, 1.82) is 0 Å². The molecule has 1 saturated carbocycles. The van der Waals surface area contributed by atoms with Gasteiger partial charge in [-0.2, -0.15) is 0 Å². The topological polar surface area (TPSA) is 176 Å². The van der Waals surface area contributed by atoms with Crippen molar-refractivity contribution in [3.8, 4) is 0 Å². The number of rotatable bonds is 9. The fraction of sp³-hybridized carbons (Fsp3) is 0.545. The van der Waals surface area contributed by atoms with Crippen molar-refractivity contribution in [3.63, 3.8) is 0 Å². The summed E-state index contributed by atoms with van der Waals surface area (Å²) in [6, 6.07) is -0.842. The minimum atomic E-state index is -1.00. The van der Waals surface area contributed by atoms with Crippen molar-refractivity contribution in [2.75, 3.05) is 13.1 Å². The Labute approximate surface area is 191 Å². The zero-order chi connectivity index (χ0) is 24.4. The van der Waals surface area contributed by atoms with E-state index in [1.807, 2.05) is 5.32 Å². The van der Waals surface area contributed by atoms with Gasteiger partial charge in [-0.3, -0.25) is 39.0 Å². The Kier molecular flexibility index (Phi) is 9.92. The predicted molar refractivity (Wildman–Crippen MR) is 116 cm³/mol. The van der Waals surface area contributed by atoms with E-state index in [1.165, 1.54) is 29.2 Å². The molecule has 3 aliphatic rings. The zero-order valence-corrected chi connectivity index (χ0v) is 18.3. The van der Waals surface area contributed by atoms with Crippen molar-refractivity contribution in [2.24, 2.45) is 17.6 Å². The van der Waals surface area contributed by atoms with E-state index in [1.54, 1.807) is 0 Å². The molecule has 0 aromatic heterocycles. The predicted octanol–water partition coefficient (Wildman–Crippen LogP) is -0.385. The number of amides is 5. The summed E-state index contributed by atoms with van der Waals surface area (Å²) in [7, 11) is 0. The summed E-state index contributed by atoms with van der Waals surface area (Å²) in [6.07, 6.45) is 9.90. The molecule has 5 N–H and O–H groups in total. The van der Waals surface area contributed by atoms with Gasteiger partial charge in [0.25, 0.3) is 23.6 Å². The van der Waals surface area contributed by atoms with Gasteiger partial charge in [0, 0.05) is 43.3 Å². The molecule has 2 heterocycles. The van der Waals surface area contributed by atoms with E-state index in [4.69, 9.17) is 10.8 Å². The lowest BCUT2D eigenvalue weighted by Crippen LogP contribution is -2.38. The van der Waals surface area contributed by atoms with Crippen molar-refractivity contribution in [1.82, 2.24) is 15.5 Å². The Morgan fingerprint density at radius 1 is 1.00 bits per heavy atom. The van der Waals surface area contributed by atoms with Crippen LogP contribution in [-0.4, -0.2) is 64.6 Å². The van der Waals surface area contributed by atoms with Gasteiger partial charge in [-0.1, -0.05) is 0 Å². The van der Waals surface area contributed by atoms with Crippen LogP contribution >= 0.6 is 0 Å². The highest BCUT2D eigenvalue weighted by molar-refractivity contribution is 6.13. The van der Waals surface area contributed by atoms with Crippen LogP contribution in [0.15, 0.2) is 24.3 Å². The second kappa shape index (κ2) is 12.6. The number of carbonyl (C=O) groups is 6. The van der Waals surface area contributed by atoms with E-state index in [9.17, 15) is 28.8 Å². The van der Waals surface area contributed by atoms with Crippen molar-refractivity contribution in [2.45, 2.75) is 51.0 Å². The third-order valence-corrected chi connectivity index (χ3v) is 5.75. The summed E-state index contributed by atoms with van der Waals surface area (Å²) in [6.45, 7) is 0.955. The monoisotopic (exact) mass is 462 g/mol. The smallest absolute Gasteiger partial charge is 0.320 e. The first kappa shape index (κ1) is 25.9. The number of imide groups is 2. The van der Waals surface area contributed by atoms with Gasteiger partial charge < -0.3 is 16.2 Å². The fourth-order valence-corrected chi connectivity index (χ4v) is 3.80. The van der Waals surface area contributed by atoms with Crippen LogP contribution < -0.4 is 16.4 Å². The number of nitrogens with one attached hydrogen (secondary N) is 2. The van der Waals surface area contributed by atoms with E-state index in [2.05, 4.69) is 5.32 Å². The summed E-state index contributed by atoms with van der Waals surface area (Å²) < 4.78 is 0. The molecule has 1 unspecified atom stereocenters. The van der Waals surface area contributed by atoms with Gasteiger partial charge in [0.2, 0.25) is 5.91 Å². The fourth-order valence-electron chi connectivity index (χ4n) is 3.80. The number of carboxylic acids is 1. The summed E-state index contributed by atoms with van der Waals surface area (Å²) in [5.41, 5.74) is 5.43. The number of nitrogens with zero attached hydrogens (tertiary/aromatic N) is 1. The maximum Gasteiger partial charge on any atom is 0.320 e. The van der Waals surface area contributed by atoms with Crippen LogP contribution in [0.1, 0.15) is 44.9 Å². The van der Waals surface area contributed by atoms with Crippen LogP contribution in [0.25, 0.3) is 0 Å². The van der Waals surface area contributed by atoms with Gasteiger partial charge in [0.05, 0.1) is 0 Å². The Bertz CT molecular complexity index is 810. The largest absolute Gasteiger partial charge is 0.480 e. The number of nitrogens with two attached hydrogens (primary N) is 1. The number of carboxylic acid groups (broad SMARTS) is 1. The van der Waals surface area contributed by atoms with Crippen LogP contribution in [0.5, 0.6) is 0 Å². The molecule has 0 saturated heterocycles. The molecule has 1 aliphatic carbocycles. The molecule has 0 spiro atoms. The molecule has 1 atom stereocenters. The summed E-state index contributed by atoms with van der Waals surface area (Å²) in [4.78, 5) is 67.3. The lowest BCUT2D eigenvalue weighted by molar-refractivity contribution is -0.139. The van der Waals surface area contributed by atoms with Gasteiger partial charge in [-0.25, -0.2) is 0 Å². The van der Waals surface area contributed by atoms with Crippen LogP contribution in [0.4, 0.5) is 0 Å². The van der Waals surface area contributed by atoms with E-state index < -0.39 is 12.0 Å². The molecule has 3 rings (SSSR count). The van der Waals surface area contributed by atoms with Gasteiger partial charge in [0.1, 0.15) is 6.04 Å². The maximum absolute atomic E-state index is 12.2. The molecule has 11 heteroatoms. The number of unbranched alkanes of at least 4 members (excludes halogenated alkanes) is 1. The second-order valence-corrected chi connectivity index (χ2v) is 8.26. The van der Waals surface area contributed by atoms with Gasteiger partial charge in [-0.05, 0) is 50.9 Å². The molecule has 0 aromatic carbocycles. The number of carbonyl (C=O) groups excluding carboxylic acids is 5. The summed E-state index contributed by atoms with van der Waals surface area (Å²) >= 11 is 0.